The minimum Gasteiger partial charge on any atom is -0.322 e. The molecule has 34 heavy (non-hydrogen) atoms. The molecule has 0 atom stereocenters. The second-order valence-electron chi connectivity index (χ2n) is 8.06. The third-order valence-electron chi connectivity index (χ3n) is 5.69. The summed E-state index contributed by atoms with van der Waals surface area (Å²) in [5, 5.41) is 2.91. The second kappa shape index (κ2) is 8.51. The summed E-state index contributed by atoms with van der Waals surface area (Å²) in [6.07, 6.45) is 5.02. The van der Waals surface area contributed by atoms with Crippen molar-refractivity contribution in [3.8, 4) is 22.5 Å². The molecular formula is C27H20F2N4O. The molecule has 1 amide bonds. The Kier molecular flexibility index (Phi) is 5.37. The molecule has 2 aromatic carbocycles. The van der Waals surface area contributed by atoms with E-state index in [1.807, 2.05) is 37.3 Å². The zero-order valence-electron chi connectivity index (χ0n) is 18.5. The molecule has 0 fully saturated rings. The van der Waals surface area contributed by atoms with E-state index < -0.39 is 11.6 Å². The van der Waals surface area contributed by atoms with Crippen LogP contribution in [0, 0.1) is 25.5 Å². The molecule has 0 saturated heterocycles. The van der Waals surface area contributed by atoms with Gasteiger partial charge in [0.25, 0.3) is 5.91 Å². The van der Waals surface area contributed by atoms with Crippen molar-refractivity contribution < 1.29 is 13.6 Å². The van der Waals surface area contributed by atoms with E-state index in [4.69, 9.17) is 0 Å². The van der Waals surface area contributed by atoms with Crippen LogP contribution in [-0.4, -0.2) is 20.3 Å². The van der Waals surface area contributed by atoms with Crippen LogP contribution in [0.5, 0.6) is 0 Å². The van der Waals surface area contributed by atoms with Gasteiger partial charge in [-0.2, -0.15) is 0 Å². The maximum Gasteiger partial charge on any atom is 0.257 e. The van der Waals surface area contributed by atoms with Crippen LogP contribution in [-0.2, 0) is 0 Å². The first-order chi connectivity index (χ1) is 16.4. The third kappa shape index (κ3) is 3.92. The molecular weight excluding hydrogens is 434 g/mol. The fourth-order valence-electron chi connectivity index (χ4n) is 3.88. The topological polar surface area (TPSA) is 59.3 Å². The number of imidazole rings is 1. The van der Waals surface area contributed by atoms with Crippen molar-refractivity contribution in [3.63, 3.8) is 0 Å². The molecule has 0 aliphatic carbocycles. The lowest BCUT2D eigenvalue weighted by molar-refractivity contribution is 0.102. The van der Waals surface area contributed by atoms with E-state index in [2.05, 4.69) is 15.3 Å². The smallest absolute Gasteiger partial charge is 0.257 e. The largest absolute Gasteiger partial charge is 0.322 e. The first-order valence-electron chi connectivity index (χ1n) is 10.7. The number of nitrogens with one attached hydrogen (secondary N) is 1. The number of aryl methyl sites for hydroxylation is 2. The van der Waals surface area contributed by atoms with Crippen molar-refractivity contribution in [3.05, 3.63) is 108 Å². The van der Waals surface area contributed by atoms with E-state index in [9.17, 15) is 13.6 Å². The van der Waals surface area contributed by atoms with Gasteiger partial charge in [-0.1, -0.05) is 23.8 Å². The molecule has 0 spiro atoms. The van der Waals surface area contributed by atoms with E-state index in [1.165, 1.54) is 0 Å². The fourth-order valence-corrected chi connectivity index (χ4v) is 3.88. The molecule has 5 nitrogen and oxygen atoms in total. The predicted molar refractivity (Wildman–Crippen MR) is 128 cm³/mol. The summed E-state index contributed by atoms with van der Waals surface area (Å²) in [4.78, 5) is 21.8. The van der Waals surface area contributed by atoms with E-state index in [-0.39, 0.29) is 17.3 Å². The van der Waals surface area contributed by atoms with Crippen molar-refractivity contribution in [2.24, 2.45) is 0 Å². The Morgan fingerprint density at radius 2 is 1.71 bits per heavy atom. The van der Waals surface area contributed by atoms with Gasteiger partial charge in [0.1, 0.15) is 17.5 Å². The quantitative estimate of drug-likeness (QED) is 0.351. The van der Waals surface area contributed by atoms with Gasteiger partial charge in [-0.05, 0) is 56.3 Å². The first kappa shape index (κ1) is 21.5. The predicted octanol–water partition coefficient (Wildman–Crippen LogP) is 6.21. The molecule has 5 rings (SSSR count). The highest BCUT2D eigenvalue weighted by Crippen LogP contribution is 2.30. The van der Waals surface area contributed by atoms with Crippen molar-refractivity contribution in [1.29, 1.82) is 0 Å². The molecule has 0 aliphatic rings. The molecule has 3 aromatic heterocycles. The van der Waals surface area contributed by atoms with E-state index >= 15 is 0 Å². The number of amides is 1. The van der Waals surface area contributed by atoms with Gasteiger partial charge in [-0.15, -0.1) is 0 Å². The van der Waals surface area contributed by atoms with Crippen LogP contribution in [0.3, 0.4) is 0 Å². The van der Waals surface area contributed by atoms with Crippen molar-refractivity contribution in [2.75, 3.05) is 5.32 Å². The van der Waals surface area contributed by atoms with Gasteiger partial charge in [0.2, 0.25) is 0 Å². The molecule has 0 bridgehead atoms. The third-order valence-corrected chi connectivity index (χ3v) is 5.69. The molecule has 0 saturated carbocycles. The Hall–Kier alpha value is -4.39. The van der Waals surface area contributed by atoms with Gasteiger partial charge >= 0.3 is 0 Å². The number of fused-ring (bicyclic) bond motifs is 1. The van der Waals surface area contributed by atoms with Crippen LogP contribution in [0.4, 0.5) is 14.5 Å². The Balaban J connectivity index is 1.55. The van der Waals surface area contributed by atoms with Crippen molar-refractivity contribution >= 4 is 17.1 Å². The Labute approximate surface area is 194 Å². The molecule has 7 heteroatoms. The molecule has 5 aromatic rings. The molecule has 0 aliphatic heterocycles. The van der Waals surface area contributed by atoms with Gasteiger partial charge in [-0.25, -0.2) is 13.8 Å². The fraction of sp³-hybridized carbons (Fsp3) is 0.0741. The van der Waals surface area contributed by atoms with Crippen LogP contribution in [0.15, 0.2) is 79.3 Å². The SMILES string of the molecule is Cc1ccc(NC(=O)c2cc(-c3cccn4c(-c5cc(F)ccc5F)ncc34)cnc2C)cc1. The standard InChI is InChI=1S/C27H20F2N4O/c1-16-5-8-20(9-6-16)32-27(34)22-12-18(14-30-17(22)2)21-4-3-11-33-25(21)15-31-26(33)23-13-19(28)7-10-24(23)29/h3-15H,1-2H3,(H,32,34). The molecule has 0 radical (unpaired) electrons. The Morgan fingerprint density at radius 1 is 0.912 bits per heavy atom. The summed E-state index contributed by atoms with van der Waals surface area (Å²) >= 11 is 0. The number of aromatic nitrogens is 3. The minimum atomic E-state index is -0.564. The second-order valence-corrected chi connectivity index (χ2v) is 8.06. The maximum atomic E-state index is 14.4. The number of pyridine rings is 2. The number of hydrogen-bond donors (Lipinski definition) is 1. The van der Waals surface area contributed by atoms with Crippen LogP contribution in [0.2, 0.25) is 0 Å². The lowest BCUT2D eigenvalue weighted by Gasteiger charge is -2.11. The van der Waals surface area contributed by atoms with Gasteiger partial charge in [0, 0.05) is 29.2 Å². The molecule has 3 heterocycles. The highest BCUT2D eigenvalue weighted by Gasteiger charge is 2.17. The van der Waals surface area contributed by atoms with Crippen LogP contribution < -0.4 is 5.32 Å². The number of nitrogens with zero attached hydrogens (tertiary/aromatic N) is 3. The average Bonchev–Trinajstić information content (AvgIpc) is 3.26. The summed E-state index contributed by atoms with van der Waals surface area (Å²) in [5.74, 6) is -1.09. The number of carbonyl (C=O) groups excluding carboxylic acids is 1. The summed E-state index contributed by atoms with van der Waals surface area (Å²) in [5.41, 5.74) is 5.04. The van der Waals surface area contributed by atoms with E-state index in [0.29, 0.717) is 28.0 Å². The number of halogens is 2. The monoisotopic (exact) mass is 454 g/mol. The van der Waals surface area contributed by atoms with Crippen LogP contribution in [0.25, 0.3) is 28.0 Å². The summed E-state index contributed by atoms with van der Waals surface area (Å²) in [7, 11) is 0. The number of anilines is 1. The summed E-state index contributed by atoms with van der Waals surface area (Å²) in [6.45, 7) is 3.76. The van der Waals surface area contributed by atoms with Crippen molar-refractivity contribution in [1.82, 2.24) is 14.4 Å². The average molecular weight is 454 g/mol. The number of carbonyl (C=O) groups is 1. The first-order valence-corrected chi connectivity index (χ1v) is 10.7. The van der Waals surface area contributed by atoms with Crippen LogP contribution in [0.1, 0.15) is 21.6 Å². The highest BCUT2D eigenvalue weighted by atomic mass is 19.1. The lowest BCUT2D eigenvalue weighted by atomic mass is 10.0. The minimum absolute atomic E-state index is 0.0670. The van der Waals surface area contributed by atoms with E-state index in [0.717, 1.165) is 29.3 Å². The zero-order chi connectivity index (χ0) is 23.8. The Morgan fingerprint density at radius 3 is 2.50 bits per heavy atom. The van der Waals surface area contributed by atoms with Gasteiger partial charge in [0.15, 0.2) is 0 Å². The lowest BCUT2D eigenvalue weighted by Crippen LogP contribution is -2.14. The molecule has 0 unspecified atom stereocenters. The molecule has 168 valence electrons. The van der Waals surface area contributed by atoms with Gasteiger partial charge in [0.05, 0.1) is 28.5 Å². The van der Waals surface area contributed by atoms with Gasteiger partial charge < -0.3 is 5.32 Å². The number of hydrogen-bond acceptors (Lipinski definition) is 3. The highest BCUT2D eigenvalue weighted by molar-refractivity contribution is 6.05. The van der Waals surface area contributed by atoms with E-state index in [1.54, 1.807) is 42.0 Å². The molecule has 1 N–H and O–H groups in total. The van der Waals surface area contributed by atoms with Gasteiger partial charge in [-0.3, -0.25) is 14.2 Å². The number of benzene rings is 2. The normalized spacial score (nSPS) is 11.1. The summed E-state index contributed by atoms with van der Waals surface area (Å²) in [6, 6.07) is 16.3. The Bertz CT molecular complexity index is 1540. The zero-order valence-corrected chi connectivity index (χ0v) is 18.5. The van der Waals surface area contributed by atoms with Crippen molar-refractivity contribution in [2.45, 2.75) is 13.8 Å². The number of rotatable bonds is 4. The maximum absolute atomic E-state index is 14.4. The van der Waals surface area contributed by atoms with Crippen LogP contribution >= 0.6 is 0 Å². The summed E-state index contributed by atoms with van der Waals surface area (Å²) < 4.78 is 29.9.